The first-order valence-corrected chi connectivity index (χ1v) is 4.22. The van der Waals surface area contributed by atoms with Gasteiger partial charge >= 0.3 is 0 Å². The van der Waals surface area contributed by atoms with E-state index in [1.54, 1.807) is 4.90 Å². The van der Waals surface area contributed by atoms with Crippen LogP contribution in [-0.2, 0) is 9.59 Å². The molecule has 1 saturated heterocycles. The first-order chi connectivity index (χ1) is 5.70. The topological polar surface area (TPSA) is 61.2 Å². The van der Waals surface area contributed by atoms with E-state index in [2.05, 4.69) is 0 Å². The van der Waals surface area contributed by atoms with Crippen LogP contribution in [0.25, 0.3) is 0 Å². The number of rotatable bonds is 3. The molecule has 0 unspecified atom stereocenters. The lowest BCUT2D eigenvalue weighted by Crippen LogP contribution is -2.27. The number of carbonyl (C=O) groups excluding carboxylic acids is 2. The van der Waals surface area contributed by atoms with Gasteiger partial charge in [-0.2, -0.15) is 0 Å². The number of hydrogen-bond donors (Lipinski definition) is 0. The second-order valence-electron chi connectivity index (χ2n) is 3.01. The van der Waals surface area contributed by atoms with Crippen molar-refractivity contribution in [3.8, 4) is 0 Å². The number of nitrogens with zero attached hydrogens (tertiary/aromatic N) is 1. The van der Waals surface area contributed by atoms with Gasteiger partial charge < -0.3 is 4.90 Å². The summed E-state index contributed by atoms with van der Waals surface area (Å²) in [6.45, 7) is 1.65. The maximum atomic E-state index is 11.2. The molecule has 0 aliphatic carbocycles. The summed E-state index contributed by atoms with van der Waals surface area (Å²) in [6.07, 6.45) is 2.42. The predicted molar refractivity (Wildman–Crippen MR) is 43.2 cm³/mol. The van der Waals surface area contributed by atoms with Gasteiger partial charge in [-0.25, -0.2) is 0 Å². The SMILES string of the molecule is [NH]C(=O)CCC(=O)N1CCCC1. The molecule has 0 aromatic rings. The molecule has 12 heavy (non-hydrogen) atoms. The van der Waals surface area contributed by atoms with Crippen LogP contribution in [0.5, 0.6) is 0 Å². The summed E-state index contributed by atoms with van der Waals surface area (Å²) in [5.74, 6) is -0.629. The molecule has 1 rings (SSSR count). The number of carbonyl (C=O) groups is 2. The van der Waals surface area contributed by atoms with E-state index in [9.17, 15) is 9.59 Å². The van der Waals surface area contributed by atoms with Gasteiger partial charge in [0.25, 0.3) is 0 Å². The van der Waals surface area contributed by atoms with Crippen molar-refractivity contribution in [2.75, 3.05) is 13.1 Å². The highest BCUT2D eigenvalue weighted by Crippen LogP contribution is 2.09. The molecular weight excluding hydrogens is 156 g/mol. The average molecular weight is 169 g/mol. The van der Waals surface area contributed by atoms with Crippen molar-refractivity contribution in [3.05, 3.63) is 0 Å². The molecule has 1 radical (unpaired) electrons. The van der Waals surface area contributed by atoms with Crippen molar-refractivity contribution in [3.63, 3.8) is 0 Å². The number of likely N-dealkylation sites (tertiary alicyclic amines) is 1. The van der Waals surface area contributed by atoms with Crippen LogP contribution in [0.4, 0.5) is 0 Å². The monoisotopic (exact) mass is 169 g/mol. The van der Waals surface area contributed by atoms with E-state index in [0.29, 0.717) is 0 Å². The van der Waals surface area contributed by atoms with Gasteiger partial charge in [0.05, 0.1) is 0 Å². The first-order valence-electron chi connectivity index (χ1n) is 4.22. The summed E-state index contributed by atoms with van der Waals surface area (Å²) in [6, 6.07) is 0. The summed E-state index contributed by atoms with van der Waals surface area (Å²) in [5.41, 5.74) is 6.63. The Morgan fingerprint density at radius 1 is 1.17 bits per heavy atom. The van der Waals surface area contributed by atoms with Crippen LogP contribution < -0.4 is 5.73 Å². The fourth-order valence-electron chi connectivity index (χ4n) is 1.35. The lowest BCUT2D eigenvalue weighted by atomic mass is 10.3. The van der Waals surface area contributed by atoms with Crippen molar-refractivity contribution in [2.24, 2.45) is 0 Å². The number of amides is 2. The molecule has 0 aromatic carbocycles. The highest BCUT2D eigenvalue weighted by atomic mass is 16.2. The minimum Gasteiger partial charge on any atom is -0.343 e. The second-order valence-corrected chi connectivity index (χ2v) is 3.01. The third kappa shape index (κ3) is 2.53. The zero-order chi connectivity index (χ0) is 8.97. The summed E-state index contributed by atoms with van der Waals surface area (Å²) in [7, 11) is 0. The standard InChI is InChI=1S/C8H13N2O2/c9-7(11)3-4-8(12)10-5-1-2-6-10/h9H,1-6H2. The minimum atomic E-state index is -0.650. The van der Waals surface area contributed by atoms with Crippen LogP contribution >= 0.6 is 0 Å². The summed E-state index contributed by atoms with van der Waals surface area (Å²) in [4.78, 5) is 23.3. The van der Waals surface area contributed by atoms with E-state index in [0.717, 1.165) is 25.9 Å². The van der Waals surface area contributed by atoms with Crippen molar-refractivity contribution >= 4 is 11.8 Å². The van der Waals surface area contributed by atoms with Crippen molar-refractivity contribution in [1.82, 2.24) is 10.6 Å². The highest BCUT2D eigenvalue weighted by molar-refractivity contribution is 5.82. The molecule has 1 heterocycles. The Labute approximate surface area is 71.7 Å². The molecule has 1 aliphatic heterocycles. The van der Waals surface area contributed by atoms with Crippen LogP contribution in [0.3, 0.4) is 0 Å². The molecule has 1 fully saturated rings. The smallest absolute Gasteiger partial charge is 0.238 e. The van der Waals surface area contributed by atoms with E-state index in [-0.39, 0.29) is 18.7 Å². The molecule has 0 spiro atoms. The van der Waals surface area contributed by atoms with Gasteiger partial charge in [-0.05, 0) is 12.8 Å². The molecule has 0 saturated carbocycles. The molecule has 4 nitrogen and oxygen atoms in total. The fraction of sp³-hybridized carbons (Fsp3) is 0.750. The van der Waals surface area contributed by atoms with Gasteiger partial charge in [0.15, 0.2) is 0 Å². The van der Waals surface area contributed by atoms with E-state index < -0.39 is 5.91 Å². The maximum absolute atomic E-state index is 11.2. The molecule has 1 aliphatic rings. The molecule has 4 heteroatoms. The second kappa shape index (κ2) is 4.09. The van der Waals surface area contributed by atoms with Crippen molar-refractivity contribution in [1.29, 1.82) is 0 Å². The van der Waals surface area contributed by atoms with Crippen LogP contribution in [-0.4, -0.2) is 29.8 Å². The number of hydrogen-bond acceptors (Lipinski definition) is 2. The molecule has 0 bridgehead atoms. The molecule has 67 valence electrons. The quantitative estimate of drug-likeness (QED) is 0.605. The van der Waals surface area contributed by atoms with Gasteiger partial charge in [0, 0.05) is 25.9 Å². The maximum Gasteiger partial charge on any atom is 0.238 e. The van der Waals surface area contributed by atoms with Crippen molar-refractivity contribution < 1.29 is 9.59 Å². The minimum absolute atomic E-state index is 0.0214. The molecule has 1 N–H and O–H groups in total. The summed E-state index contributed by atoms with van der Waals surface area (Å²) >= 11 is 0. The summed E-state index contributed by atoms with van der Waals surface area (Å²) in [5, 5.41) is 0. The lowest BCUT2D eigenvalue weighted by Gasteiger charge is -2.13. The average Bonchev–Trinajstić information content (AvgIpc) is 2.51. The van der Waals surface area contributed by atoms with Crippen molar-refractivity contribution in [2.45, 2.75) is 25.7 Å². The Morgan fingerprint density at radius 2 is 1.75 bits per heavy atom. The van der Waals surface area contributed by atoms with Crippen LogP contribution in [0.15, 0.2) is 0 Å². The van der Waals surface area contributed by atoms with Crippen LogP contribution in [0, 0.1) is 0 Å². The third-order valence-electron chi connectivity index (χ3n) is 2.02. The Bertz CT molecular complexity index is 185. The van der Waals surface area contributed by atoms with Gasteiger partial charge in [0.2, 0.25) is 11.8 Å². The Morgan fingerprint density at radius 3 is 2.25 bits per heavy atom. The van der Waals surface area contributed by atoms with E-state index in [4.69, 9.17) is 5.73 Å². The highest BCUT2D eigenvalue weighted by Gasteiger charge is 2.17. The fourth-order valence-corrected chi connectivity index (χ4v) is 1.35. The van der Waals surface area contributed by atoms with E-state index in [1.807, 2.05) is 0 Å². The molecule has 0 atom stereocenters. The predicted octanol–water partition coefficient (Wildman–Crippen LogP) is 0.198. The van der Waals surface area contributed by atoms with Gasteiger partial charge in [-0.1, -0.05) is 0 Å². The normalized spacial score (nSPS) is 16.5. The zero-order valence-corrected chi connectivity index (χ0v) is 7.01. The van der Waals surface area contributed by atoms with Crippen LogP contribution in [0.2, 0.25) is 0 Å². The summed E-state index contributed by atoms with van der Waals surface area (Å²) < 4.78 is 0. The van der Waals surface area contributed by atoms with Gasteiger partial charge in [-0.15, -0.1) is 0 Å². The van der Waals surface area contributed by atoms with Gasteiger partial charge in [0.1, 0.15) is 0 Å². The first kappa shape index (κ1) is 9.03. The Hall–Kier alpha value is -1.06. The Balaban J connectivity index is 2.23. The third-order valence-corrected chi connectivity index (χ3v) is 2.02. The molecule has 0 aromatic heterocycles. The molecular formula is C8H13N2O2. The van der Waals surface area contributed by atoms with Gasteiger partial charge in [-0.3, -0.25) is 15.3 Å². The van der Waals surface area contributed by atoms with E-state index in [1.165, 1.54) is 0 Å². The van der Waals surface area contributed by atoms with E-state index >= 15 is 0 Å². The zero-order valence-electron chi connectivity index (χ0n) is 7.01. The lowest BCUT2D eigenvalue weighted by molar-refractivity contribution is -0.132. The Kier molecular flexibility index (Phi) is 3.08. The number of nitrogens with one attached hydrogen (secondary N) is 1. The molecule has 2 amide bonds. The largest absolute Gasteiger partial charge is 0.343 e. The van der Waals surface area contributed by atoms with Crippen LogP contribution in [0.1, 0.15) is 25.7 Å².